The van der Waals surface area contributed by atoms with Gasteiger partial charge in [-0.15, -0.1) is 0 Å². The van der Waals surface area contributed by atoms with E-state index < -0.39 is 0 Å². The highest BCUT2D eigenvalue weighted by Crippen LogP contribution is 2.19. The van der Waals surface area contributed by atoms with Crippen molar-refractivity contribution in [3.8, 4) is 0 Å². The van der Waals surface area contributed by atoms with Crippen LogP contribution in [0, 0.1) is 5.92 Å². The first-order valence-electron chi connectivity index (χ1n) is 7.98. The topological polar surface area (TPSA) is 88.9 Å². The number of fused-ring (bicyclic) bond motifs is 1. The largest absolute Gasteiger partial charge is 0.323 e. The van der Waals surface area contributed by atoms with Crippen LogP contribution >= 0.6 is 0 Å². The van der Waals surface area contributed by atoms with E-state index in [2.05, 4.69) is 20.7 Å². The number of rotatable bonds is 5. The normalized spacial score (nSPS) is 11.9. The van der Waals surface area contributed by atoms with Crippen LogP contribution in [0.15, 0.2) is 48.8 Å². The Morgan fingerprint density at radius 3 is 2.76 bits per heavy atom. The molecular weight excluding hydrogens is 318 g/mol. The molecule has 0 bridgehead atoms. The van der Waals surface area contributed by atoms with Gasteiger partial charge in [-0.1, -0.05) is 25.1 Å². The highest BCUT2D eigenvalue weighted by Gasteiger charge is 2.17. The van der Waals surface area contributed by atoms with Crippen LogP contribution in [0.1, 0.15) is 13.8 Å². The van der Waals surface area contributed by atoms with Crippen LogP contribution in [0.4, 0.5) is 11.5 Å². The molecule has 0 aliphatic carbocycles. The van der Waals surface area contributed by atoms with Gasteiger partial charge in [-0.25, -0.2) is 4.98 Å². The quantitative estimate of drug-likeness (QED) is 0.749. The van der Waals surface area contributed by atoms with Crippen molar-refractivity contribution in [1.82, 2.24) is 14.8 Å². The van der Waals surface area contributed by atoms with Crippen molar-refractivity contribution in [2.45, 2.75) is 20.4 Å². The lowest BCUT2D eigenvalue weighted by atomic mass is 10.1. The summed E-state index contributed by atoms with van der Waals surface area (Å²) in [5, 5.41) is 10.8. The van der Waals surface area contributed by atoms with Crippen molar-refractivity contribution in [2.75, 3.05) is 10.6 Å². The average Bonchev–Trinajstić information content (AvgIpc) is 2.99. The maximum atomic E-state index is 12.5. The van der Waals surface area contributed by atoms with Gasteiger partial charge in [0.2, 0.25) is 11.8 Å². The van der Waals surface area contributed by atoms with Gasteiger partial charge in [0.05, 0.1) is 29.9 Å². The highest BCUT2D eigenvalue weighted by atomic mass is 16.2. The van der Waals surface area contributed by atoms with Gasteiger partial charge < -0.3 is 10.6 Å². The minimum absolute atomic E-state index is 0.190. The molecule has 3 aromatic rings. The van der Waals surface area contributed by atoms with E-state index in [4.69, 9.17) is 0 Å². The molecule has 0 radical (unpaired) electrons. The number of carbonyl (C=O) groups excluding carboxylic acids is 2. The number of benzene rings is 1. The number of nitrogens with zero attached hydrogens (tertiary/aromatic N) is 3. The van der Waals surface area contributed by atoms with Crippen molar-refractivity contribution in [1.29, 1.82) is 0 Å². The van der Waals surface area contributed by atoms with Gasteiger partial charge in [0.1, 0.15) is 0 Å². The lowest BCUT2D eigenvalue weighted by molar-refractivity contribution is -0.120. The highest BCUT2D eigenvalue weighted by molar-refractivity contribution is 5.98. The van der Waals surface area contributed by atoms with Crippen LogP contribution in [0.5, 0.6) is 0 Å². The fraction of sp³-hybridized carbons (Fsp3) is 0.222. The SMILES string of the molecule is CC(=O)Nc1cccnc1NC(=O)[C@@H](C)Cn1ncc2ccccc21. The van der Waals surface area contributed by atoms with E-state index in [0.717, 1.165) is 10.9 Å². The monoisotopic (exact) mass is 337 g/mol. The first-order chi connectivity index (χ1) is 12.0. The number of anilines is 2. The number of para-hydroxylation sites is 1. The molecule has 7 nitrogen and oxygen atoms in total. The third-order valence-electron chi connectivity index (χ3n) is 3.81. The molecule has 7 heteroatoms. The molecule has 2 aromatic heterocycles. The fourth-order valence-corrected chi connectivity index (χ4v) is 2.55. The molecule has 3 rings (SSSR count). The molecule has 128 valence electrons. The van der Waals surface area contributed by atoms with Gasteiger partial charge in [0.25, 0.3) is 0 Å². The second-order valence-corrected chi connectivity index (χ2v) is 5.86. The van der Waals surface area contributed by atoms with Gasteiger partial charge in [-0.3, -0.25) is 14.3 Å². The maximum absolute atomic E-state index is 12.5. The zero-order chi connectivity index (χ0) is 17.8. The summed E-state index contributed by atoms with van der Waals surface area (Å²) in [6.07, 6.45) is 3.35. The number of carbonyl (C=O) groups is 2. The number of hydrogen-bond acceptors (Lipinski definition) is 4. The van der Waals surface area contributed by atoms with E-state index in [1.54, 1.807) is 24.5 Å². The van der Waals surface area contributed by atoms with Crippen LogP contribution in [0.25, 0.3) is 10.9 Å². The molecule has 25 heavy (non-hydrogen) atoms. The lowest BCUT2D eigenvalue weighted by Crippen LogP contribution is -2.26. The minimum Gasteiger partial charge on any atom is -0.323 e. The summed E-state index contributed by atoms with van der Waals surface area (Å²) in [7, 11) is 0. The van der Waals surface area contributed by atoms with Crippen molar-refractivity contribution >= 4 is 34.2 Å². The Morgan fingerprint density at radius 2 is 1.96 bits per heavy atom. The molecule has 0 unspecified atom stereocenters. The van der Waals surface area contributed by atoms with Gasteiger partial charge >= 0.3 is 0 Å². The summed E-state index contributed by atoms with van der Waals surface area (Å²) < 4.78 is 1.81. The molecule has 2 N–H and O–H groups in total. The van der Waals surface area contributed by atoms with Crippen LogP contribution in [-0.4, -0.2) is 26.6 Å². The number of aromatic nitrogens is 3. The van der Waals surface area contributed by atoms with Gasteiger partial charge in [-0.05, 0) is 18.2 Å². The number of amides is 2. The van der Waals surface area contributed by atoms with Crippen LogP contribution in [0.2, 0.25) is 0 Å². The van der Waals surface area contributed by atoms with E-state index in [1.165, 1.54) is 6.92 Å². The number of pyridine rings is 1. The minimum atomic E-state index is -0.324. The van der Waals surface area contributed by atoms with E-state index in [1.807, 2.05) is 35.9 Å². The molecule has 2 heterocycles. The summed E-state index contributed by atoms with van der Waals surface area (Å²) in [6.45, 7) is 3.68. The third kappa shape index (κ3) is 3.82. The molecule has 0 aliphatic rings. The van der Waals surface area contributed by atoms with Crippen molar-refractivity contribution < 1.29 is 9.59 Å². The van der Waals surface area contributed by atoms with Gasteiger partial charge in [0, 0.05) is 18.5 Å². The average molecular weight is 337 g/mol. The Bertz CT molecular complexity index is 918. The molecule has 0 saturated heterocycles. The standard InChI is InChI=1S/C18H19N5O2/c1-12(11-23-16-8-4-3-6-14(16)10-20-23)18(25)22-17-15(21-13(2)24)7-5-9-19-17/h3-10,12H,11H2,1-2H3,(H,21,24)(H,19,22,25)/t12-/m0/s1. The zero-order valence-electron chi connectivity index (χ0n) is 14.1. The molecular formula is C18H19N5O2. The molecule has 1 atom stereocenters. The third-order valence-corrected chi connectivity index (χ3v) is 3.81. The van der Waals surface area contributed by atoms with Gasteiger partial charge in [0.15, 0.2) is 5.82 Å². The number of nitrogens with one attached hydrogen (secondary N) is 2. The van der Waals surface area contributed by atoms with Crippen molar-refractivity contribution in [2.24, 2.45) is 5.92 Å². The van der Waals surface area contributed by atoms with Crippen LogP contribution in [-0.2, 0) is 16.1 Å². The predicted octanol–water partition coefficient (Wildman–Crippen LogP) is 2.66. The molecule has 0 spiro atoms. The molecule has 0 aliphatic heterocycles. The predicted molar refractivity (Wildman–Crippen MR) is 96.1 cm³/mol. The zero-order valence-corrected chi connectivity index (χ0v) is 14.1. The Balaban J connectivity index is 1.72. The summed E-state index contributed by atoms with van der Waals surface area (Å²) in [5.74, 6) is -0.403. The Hall–Kier alpha value is -3.22. The van der Waals surface area contributed by atoms with Gasteiger partial charge in [-0.2, -0.15) is 5.10 Å². The van der Waals surface area contributed by atoms with Crippen LogP contribution in [0.3, 0.4) is 0 Å². The molecule has 0 saturated carbocycles. The van der Waals surface area contributed by atoms with E-state index in [-0.39, 0.29) is 17.7 Å². The Kier molecular flexibility index (Phi) is 4.74. The lowest BCUT2D eigenvalue weighted by Gasteiger charge is -2.14. The number of hydrogen-bond donors (Lipinski definition) is 2. The second-order valence-electron chi connectivity index (χ2n) is 5.86. The maximum Gasteiger partial charge on any atom is 0.230 e. The first kappa shape index (κ1) is 16.6. The first-order valence-corrected chi connectivity index (χ1v) is 7.98. The Morgan fingerprint density at radius 1 is 1.16 bits per heavy atom. The Labute approximate surface area is 145 Å². The molecule has 2 amide bonds. The van der Waals surface area contributed by atoms with Crippen LogP contribution < -0.4 is 10.6 Å². The summed E-state index contributed by atoms with van der Waals surface area (Å²) in [5.41, 5.74) is 1.46. The summed E-state index contributed by atoms with van der Waals surface area (Å²) in [6, 6.07) is 11.2. The van der Waals surface area contributed by atoms with Crippen molar-refractivity contribution in [3.05, 3.63) is 48.8 Å². The fourth-order valence-electron chi connectivity index (χ4n) is 2.55. The second kappa shape index (κ2) is 7.12. The summed E-state index contributed by atoms with van der Waals surface area (Å²) in [4.78, 5) is 27.9. The van der Waals surface area contributed by atoms with E-state index in [0.29, 0.717) is 18.1 Å². The van der Waals surface area contributed by atoms with E-state index in [9.17, 15) is 9.59 Å². The van der Waals surface area contributed by atoms with Crippen molar-refractivity contribution in [3.63, 3.8) is 0 Å². The smallest absolute Gasteiger partial charge is 0.230 e. The van der Waals surface area contributed by atoms with E-state index >= 15 is 0 Å². The molecule has 1 aromatic carbocycles. The summed E-state index contributed by atoms with van der Waals surface area (Å²) >= 11 is 0. The molecule has 0 fully saturated rings.